The van der Waals surface area contributed by atoms with Crippen molar-refractivity contribution in [2.24, 2.45) is 7.05 Å². The van der Waals surface area contributed by atoms with E-state index >= 15 is 0 Å². The minimum absolute atomic E-state index is 0.0464. The van der Waals surface area contributed by atoms with Crippen LogP contribution in [0.5, 0.6) is 0 Å². The van der Waals surface area contributed by atoms with Crippen LogP contribution in [-0.4, -0.2) is 53.3 Å². The van der Waals surface area contributed by atoms with Crippen LogP contribution in [0, 0.1) is 0 Å². The third kappa shape index (κ3) is 5.73. The lowest BCUT2D eigenvalue weighted by Crippen LogP contribution is -2.45. The standard InChI is InChI=1S/C25H35N3O2/c1-27-15-10-22(20-27)18-24(29)26-19-23-9-11-25(30-23)12-16-28(17-13-25)14-5-8-21-6-3-2-4-7-21/h2-4,6-7,10,15,20,23H,5,8-9,11-14,16-19H2,1H3,(H,26,29)/t23-/m0/s1. The Bertz CT molecular complexity index is 809. The second-order valence-electron chi connectivity index (χ2n) is 9.06. The number of aryl methyl sites for hydroxylation is 2. The van der Waals surface area contributed by atoms with E-state index in [1.807, 2.05) is 30.1 Å². The van der Waals surface area contributed by atoms with Gasteiger partial charge in [0.1, 0.15) is 0 Å². The quantitative estimate of drug-likeness (QED) is 0.727. The molecule has 1 N–H and O–H groups in total. The Labute approximate surface area is 180 Å². The molecular weight excluding hydrogens is 374 g/mol. The third-order valence-corrected chi connectivity index (χ3v) is 6.67. The van der Waals surface area contributed by atoms with Gasteiger partial charge in [-0.05, 0) is 62.3 Å². The van der Waals surface area contributed by atoms with E-state index in [1.54, 1.807) is 0 Å². The Hall–Kier alpha value is -2.11. The van der Waals surface area contributed by atoms with Crippen molar-refractivity contribution in [1.82, 2.24) is 14.8 Å². The molecule has 1 aromatic heterocycles. The molecule has 1 atom stereocenters. The summed E-state index contributed by atoms with van der Waals surface area (Å²) in [4.78, 5) is 14.8. The van der Waals surface area contributed by atoms with Crippen LogP contribution in [0.4, 0.5) is 0 Å². The molecule has 5 heteroatoms. The molecule has 2 aliphatic rings. The highest BCUT2D eigenvalue weighted by atomic mass is 16.5. The Morgan fingerprint density at radius 1 is 1.13 bits per heavy atom. The van der Waals surface area contributed by atoms with E-state index < -0.39 is 0 Å². The molecule has 2 fully saturated rings. The molecule has 2 saturated heterocycles. The summed E-state index contributed by atoms with van der Waals surface area (Å²) in [6.45, 7) is 4.06. The molecule has 0 saturated carbocycles. The summed E-state index contributed by atoms with van der Waals surface area (Å²) in [7, 11) is 1.97. The van der Waals surface area contributed by atoms with Gasteiger partial charge in [0, 0.05) is 39.1 Å². The van der Waals surface area contributed by atoms with Crippen LogP contribution in [0.15, 0.2) is 48.8 Å². The smallest absolute Gasteiger partial charge is 0.224 e. The molecule has 0 aliphatic carbocycles. The van der Waals surface area contributed by atoms with Gasteiger partial charge in [-0.15, -0.1) is 0 Å². The molecule has 1 spiro atoms. The molecule has 30 heavy (non-hydrogen) atoms. The number of likely N-dealkylation sites (tertiary alicyclic amines) is 1. The zero-order valence-electron chi connectivity index (χ0n) is 18.2. The largest absolute Gasteiger partial charge is 0.370 e. The number of piperidine rings is 1. The predicted octanol–water partition coefficient (Wildman–Crippen LogP) is 3.33. The maximum absolute atomic E-state index is 12.2. The second-order valence-corrected chi connectivity index (χ2v) is 9.06. The van der Waals surface area contributed by atoms with Crippen LogP contribution in [0.1, 0.15) is 43.2 Å². The van der Waals surface area contributed by atoms with E-state index in [4.69, 9.17) is 4.74 Å². The lowest BCUT2D eigenvalue weighted by molar-refractivity contribution is -0.122. The van der Waals surface area contributed by atoms with Crippen molar-refractivity contribution in [3.8, 4) is 0 Å². The van der Waals surface area contributed by atoms with E-state index in [1.165, 1.54) is 18.5 Å². The normalized spacial score (nSPS) is 21.2. The van der Waals surface area contributed by atoms with Crippen molar-refractivity contribution in [2.75, 3.05) is 26.2 Å². The minimum Gasteiger partial charge on any atom is -0.370 e. The number of ether oxygens (including phenoxy) is 1. The molecule has 3 heterocycles. The fourth-order valence-electron chi connectivity index (χ4n) is 4.88. The molecule has 4 rings (SSSR count). The molecule has 0 radical (unpaired) electrons. The van der Waals surface area contributed by atoms with Crippen LogP contribution in [0.3, 0.4) is 0 Å². The van der Waals surface area contributed by atoms with Gasteiger partial charge in [-0.3, -0.25) is 4.79 Å². The van der Waals surface area contributed by atoms with Crippen LogP contribution in [0.2, 0.25) is 0 Å². The van der Waals surface area contributed by atoms with Gasteiger partial charge >= 0.3 is 0 Å². The van der Waals surface area contributed by atoms with Gasteiger partial charge in [0.2, 0.25) is 5.91 Å². The number of hydrogen-bond acceptors (Lipinski definition) is 3. The lowest BCUT2D eigenvalue weighted by Gasteiger charge is -2.39. The number of amides is 1. The number of carbonyl (C=O) groups is 1. The van der Waals surface area contributed by atoms with Gasteiger partial charge < -0.3 is 19.5 Å². The molecule has 5 nitrogen and oxygen atoms in total. The number of benzene rings is 1. The van der Waals surface area contributed by atoms with E-state index in [0.717, 1.165) is 50.8 Å². The zero-order valence-corrected chi connectivity index (χ0v) is 18.2. The summed E-state index contributed by atoms with van der Waals surface area (Å²) in [5.74, 6) is 0.0824. The Balaban J connectivity index is 1.13. The molecule has 1 aromatic carbocycles. The number of nitrogens with one attached hydrogen (secondary N) is 1. The van der Waals surface area contributed by atoms with Gasteiger partial charge in [0.15, 0.2) is 0 Å². The van der Waals surface area contributed by atoms with Crippen molar-refractivity contribution < 1.29 is 9.53 Å². The summed E-state index contributed by atoms with van der Waals surface area (Å²) in [6, 6.07) is 12.8. The molecule has 0 unspecified atom stereocenters. The summed E-state index contributed by atoms with van der Waals surface area (Å²) in [5.41, 5.74) is 2.53. The fourth-order valence-corrected chi connectivity index (χ4v) is 4.88. The van der Waals surface area contributed by atoms with Crippen LogP contribution in [0.25, 0.3) is 0 Å². The van der Waals surface area contributed by atoms with E-state index in [2.05, 4.69) is 40.5 Å². The number of nitrogens with zero attached hydrogens (tertiary/aromatic N) is 2. The van der Waals surface area contributed by atoms with Crippen molar-refractivity contribution >= 4 is 5.91 Å². The highest BCUT2D eigenvalue weighted by molar-refractivity contribution is 5.78. The maximum Gasteiger partial charge on any atom is 0.224 e. The molecule has 2 aliphatic heterocycles. The second kappa shape index (κ2) is 9.80. The SMILES string of the molecule is Cn1ccc(CC(=O)NC[C@@H]2CCC3(CCN(CCCc4ccccc4)CC3)O2)c1. The third-order valence-electron chi connectivity index (χ3n) is 6.67. The summed E-state index contributed by atoms with van der Waals surface area (Å²) in [5, 5.41) is 3.07. The average Bonchev–Trinajstić information content (AvgIpc) is 3.35. The molecular formula is C25H35N3O2. The number of rotatable bonds is 8. The van der Waals surface area contributed by atoms with E-state index in [9.17, 15) is 4.79 Å². The summed E-state index contributed by atoms with van der Waals surface area (Å²) in [6.07, 6.45) is 11.4. The van der Waals surface area contributed by atoms with Crippen LogP contribution >= 0.6 is 0 Å². The Kier molecular flexibility index (Phi) is 6.90. The van der Waals surface area contributed by atoms with Gasteiger partial charge in [0.25, 0.3) is 0 Å². The molecule has 1 amide bonds. The topological polar surface area (TPSA) is 46.5 Å². The van der Waals surface area contributed by atoms with Crippen molar-refractivity contribution in [3.63, 3.8) is 0 Å². The van der Waals surface area contributed by atoms with E-state index in [0.29, 0.717) is 13.0 Å². The highest BCUT2D eigenvalue weighted by Gasteiger charge is 2.42. The van der Waals surface area contributed by atoms with E-state index in [-0.39, 0.29) is 17.6 Å². The number of carbonyl (C=O) groups excluding carboxylic acids is 1. The van der Waals surface area contributed by atoms with Crippen LogP contribution < -0.4 is 5.32 Å². The van der Waals surface area contributed by atoms with Gasteiger partial charge in [-0.2, -0.15) is 0 Å². The Morgan fingerprint density at radius 3 is 2.67 bits per heavy atom. The number of aromatic nitrogens is 1. The molecule has 2 aromatic rings. The first-order chi connectivity index (χ1) is 14.6. The zero-order chi connectivity index (χ0) is 20.8. The van der Waals surface area contributed by atoms with Crippen molar-refractivity contribution in [2.45, 2.75) is 56.7 Å². The first kappa shape index (κ1) is 21.1. The highest BCUT2D eigenvalue weighted by Crippen LogP contribution is 2.38. The van der Waals surface area contributed by atoms with Crippen molar-refractivity contribution in [1.29, 1.82) is 0 Å². The maximum atomic E-state index is 12.2. The summed E-state index contributed by atoms with van der Waals surface area (Å²) < 4.78 is 8.44. The number of hydrogen-bond donors (Lipinski definition) is 1. The fraction of sp³-hybridized carbons (Fsp3) is 0.560. The van der Waals surface area contributed by atoms with Crippen LogP contribution in [-0.2, 0) is 29.4 Å². The Morgan fingerprint density at radius 2 is 1.93 bits per heavy atom. The van der Waals surface area contributed by atoms with Gasteiger partial charge in [-0.25, -0.2) is 0 Å². The monoisotopic (exact) mass is 409 g/mol. The summed E-state index contributed by atoms with van der Waals surface area (Å²) >= 11 is 0. The van der Waals surface area contributed by atoms with Gasteiger partial charge in [0.05, 0.1) is 18.1 Å². The van der Waals surface area contributed by atoms with Gasteiger partial charge in [-0.1, -0.05) is 30.3 Å². The first-order valence-electron chi connectivity index (χ1n) is 11.4. The lowest BCUT2D eigenvalue weighted by atomic mass is 9.88. The molecule has 162 valence electrons. The first-order valence-corrected chi connectivity index (χ1v) is 11.4. The average molecular weight is 410 g/mol. The minimum atomic E-state index is 0.0464. The predicted molar refractivity (Wildman–Crippen MR) is 119 cm³/mol. The van der Waals surface area contributed by atoms with Crippen molar-refractivity contribution in [3.05, 3.63) is 59.9 Å². The molecule has 0 bridgehead atoms.